The molecule has 1 atom stereocenters. The topological polar surface area (TPSA) is 199 Å². The van der Waals surface area contributed by atoms with Crippen molar-refractivity contribution in [3.05, 3.63) is 138 Å². The van der Waals surface area contributed by atoms with E-state index in [2.05, 4.69) is 16.0 Å². The van der Waals surface area contributed by atoms with Gasteiger partial charge in [0.25, 0.3) is 11.8 Å². The fourth-order valence-corrected chi connectivity index (χ4v) is 8.67. The number of hydrogen-bond acceptors (Lipinski definition) is 12. The fraction of sp³-hybridized carbons (Fsp3) is 0.327. The molecule has 0 aliphatic carbocycles. The van der Waals surface area contributed by atoms with Crippen LogP contribution in [-0.4, -0.2) is 129 Å². The molecule has 0 spiro atoms. The summed E-state index contributed by atoms with van der Waals surface area (Å²) < 4.78 is 22.5. The number of piperidine rings is 2. The van der Waals surface area contributed by atoms with Gasteiger partial charge in [0, 0.05) is 55.7 Å². The first-order valence-corrected chi connectivity index (χ1v) is 24.7. The molecule has 7 rings (SSSR count). The van der Waals surface area contributed by atoms with Gasteiger partial charge in [0.05, 0.1) is 77.4 Å². The van der Waals surface area contributed by atoms with E-state index in [0.29, 0.717) is 106 Å². The minimum atomic E-state index is -1.04. The molecular formula is C52H51Cl4N5O11. The summed E-state index contributed by atoms with van der Waals surface area (Å²) in [6, 6.07) is 21.4. The Balaban J connectivity index is 0.731. The SMILES string of the molecule is O=C(CCOCCOCCOCCNc1cccc2c1C(=O)N(C1CCC(=O)NC1=O)C2=O)NCCOc1ccc(CCC(=O)N2C/C(=C\c3ccc(Cl)c(Cl)c3)C(=O)/C(=C/c3ccc(Cl)c(Cl)c3)C2)cc1. The summed E-state index contributed by atoms with van der Waals surface area (Å²) in [5.74, 6) is -2.14. The maximum absolute atomic E-state index is 13.7. The Bertz CT molecular complexity index is 2690. The number of rotatable bonds is 23. The van der Waals surface area contributed by atoms with E-state index in [1.165, 1.54) is 6.07 Å². The molecule has 3 N–H and O–H groups in total. The maximum Gasteiger partial charge on any atom is 0.264 e. The van der Waals surface area contributed by atoms with Crippen LogP contribution >= 0.6 is 46.4 Å². The lowest BCUT2D eigenvalue weighted by molar-refractivity contribution is -0.136. The van der Waals surface area contributed by atoms with Crippen molar-refractivity contribution in [1.29, 1.82) is 0 Å². The summed E-state index contributed by atoms with van der Waals surface area (Å²) in [5, 5.41) is 9.60. The normalized spacial score (nSPS) is 16.9. The summed E-state index contributed by atoms with van der Waals surface area (Å²) in [6.07, 6.45) is 4.40. The summed E-state index contributed by atoms with van der Waals surface area (Å²) >= 11 is 24.7. The fourth-order valence-electron chi connectivity index (χ4n) is 8.06. The van der Waals surface area contributed by atoms with Gasteiger partial charge in [0.15, 0.2) is 5.78 Å². The third-order valence-electron chi connectivity index (χ3n) is 11.7. The monoisotopic (exact) mass is 1060 g/mol. The van der Waals surface area contributed by atoms with Gasteiger partial charge in [0.1, 0.15) is 18.4 Å². The molecular weight excluding hydrogens is 1010 g/mol. The van der Waals surface area contributed by atoms with E-state index in [1.807, 2.05) is 24.3 Å². The molecule has 16 nitrogen and oxygen atoms in total. The average molecular weight is 1060 g/mol. The molecule has 1 unspecified atom stereocenters. The lowest BCUT2D eigenvalue weighted by atomic mass is 9.93. The lowest BCUT2D eigenvalue weighted by Crippen LogP contribution is -2.54. The van der Waals surface area contributed by atoms with Crippen LogP contribution in [0.15, 0.2) is 90.0 Å². The zero-order chi connectivity index (χ0) is 51.1. The zero-order valence-corrected chi connectivity index (χ0v) is 42.0. The Morgan fingerprint density at radius 2 is 1.31 bits per heavy atom. The minimum Gasteiger partial charge on any atom is -0.492 e. The van der Waals surface area contributed by atoms with E-state index in [4.69, 9.17) is 65.4 Å². The number of ketones is 1. The van der Waals surface area contributed by atoms with Crippen molar-refractivity contribution >= 4 is 105 Å². The molecule has 6 amide bonds. The maximum atomic E-state index is 13.7. The number of likely N-dealkylation sites (tertiary alicyclic amines) is 1. The standard InChI is InChI=1S/C52H51Cl4N5O11/c53-39-11-6-33(28-41(39)55)26-35-30-60(31-36(49(35)65)27-34-7-12-40(54)42(56)29-34)47(64)15-8-32-4-9-37(10-5-32)72-21-18-58-45(62)16-19-69-22-24-71-25-23-70-20-17-57-43-3-1-2-38-48(43)52(68)61(51(38)67)44-13-14-46(63)59-50(44)66/h1-7,9-12,26-29,44,57H,8,13-25,30-31H2,(H,58,62)(H,59,63,66)/b35-26+,36-27+. The predicted molar refractivity (Wildman–Crippen MR) is 272 cm³/mol. The highest BCUT2D eigenvalue weighted by Gasteiger charge is 2.45. The Hall–Kier alpha value is -6.11. The number of hydrogen-bond donors (Lipinski definition) is 3. The molecule has 0 bridgehead atoms. The number of aryl methyl sites for hydroxylation is 1. The predicted octanol–water partition coefficient (Wildman–Crippen LogP) is 7.26. The molecule has 0 aromatic heterocycles. The number of amides is 6. The van der Waals surface area contributed by atoms with Crippen molar-refractivity contribution in [3.63, 3.8) is 0 Å². The molecule has 3 heterocycles. The van der Waals surface area contributed by atoms with Crippen molar-refractivity contribution < 1.29 is 52.5 Å². The Kier molecular flexibility index (Phi) is 19.4. The lowest BCUT2D eigenvalue weighted by Gasteiger charge is -2.30. The van der Waals surface area contributed by atoms with Crippen LogP contribution in [0.3, 0.4) is 0 Å². The van der Waals surface area contributed by atoms with Crippen molar-refractivity contribution in [2.24, 2.45) is 0 Å². The van der Waals surface area contributed by atoms with E-state index in [9.17, 15) is 33.6 Å². The first-order chi connectivity index (χ1) is 34.7. The number of imide groups is 2. The number of Topliss-reactive ketones (excluding diaryl/α,β-unsaturated/α-hetero) is 1. The Morgan fingerprint density at radius 1 is 0.681 bits per heavy atom. The Labute approximate surface area is 435 Å². The van der Waals surface area contributed by atoms with E-state index in [0.717, 1.165) is 10.5 Å². The number of benzene rings is 4. The second kappa shape index (κ2) is 26.0. The van der Waals surface area contributed by atoms with Crippen molar-refractivity contribution in [1.82, 2.24) is 20.4 Å². The molecule has 3 aliphatic heterocycles. The van der Waals surface area contributed by atoms with Crippen LogP contribution in [0, 0.1) is 0 Å². The number of carbonyl (C=O) groups excluding carboxylic acids is 7. The van der Waals surface area contributed by atoms with Gasteiger partial charge in [0.2, 0.25) is 23.6 Å². The number of anilines is 1. The summed E-state index contributed by atoms with van der Waals surface area (Å²) in [5.41, 5.74) is 3.95. The molecule has 0 saturated carbocycles. The number of nitrogens with zero attached hydrogens (tertiary/aromatic N) is 2. The third kappa shape index (κ3) is 14.5. The van der Waals surface area contributed by atoms with Gasteiger partial charge in [-0.05, 0) is 90.2 Å². The van der Waals surface area contributed by atoms with Crippen LogP contribution in [0.2, 0.25) is 20.1 Å². The van der Waals surface area contributed by atoms with E-state index < -0.39 is 29.7 Å². The van der Waals surface area contributed by atoms with Crippen molar-refractivity contribution in [2.75, 3.05) is 77.7 Å². The highest BCUT2D eigenvalue weighted by atomic mass is 35.5. The first-order valence-electron chi connectivity index (χ1n) is 23.2. The van der Waals surface area contributed by atoms with E-state index in [1.54, 1.807) is 65.6 Å². The van der Waals surface area contributed by atoms with Crippen LogP contribution < -0.4 is 20.7 Å². The van der Waals surface area contributed by atoms with Gasteiger partial charge >= 0.3 is 0 Å². The smallest absolute Gasteiger partial charge is 0.264 e. The molecule has 3 aliphatic rings. The molecule has 72 heavy (non-hydrogen) atoms. The number of fused-ring (bicyclic) bond motifs is 1. The van der Waals surface area contributed by atoms with Crippen molar-refractivity contribution in [3.8, 4) is 5.75 Å². The molecule has 20 heteroatoms. The summed E-state index contributed by atoms with van der Waals surface area (Å²) in [7, 11) is 0. The van der Waals surface area contributed by atoms with Crippen LogP contribution in [0.1, 0.15) is 63.1 Å². The number of ether oxygens (including phenoxy) is 4. The van der Waals surface area contributed by atoms with Gasteiger partial charge in [-0.2, -0.15) is 0 Å². The zero-order valence-electron chi connectivity index (χ0n) is 38.9. The molecule has 2 fully saturated rings. The van der Waals surface area contributed by atoms with E-state index >= 15 is 0 Å². The van der Waals surface area contributed by atoms with Crippen LogP contribution in [0.25, 0.3) is 12.2 Å². The molecule has 0 radical (unpaired) electrons. The van der Waals surface area contributed by atoms with Gasteiger partial charge in [-0.1, -0.05) is 76.7 Å². The first kappa shape index (κ1) is 53.7. The second-order valence-corrected chi connectivity index (χ2v) is 18.4. The molecule has 4 aromatic carbocycles. The molecule has 378 valence electrons. The number of halogens is 4. The van der Waals surface area contributed by atoms with Gasteiger partial charge in [-0.3, -0.25) is 43.8 Å². The molecule has 2 saturated heterocycles. The quantitative estimate of drug-likeness (QED) is 0.0383. The minimum absolute atomic E-state index is 0.0433. The average Bonchev–Trinajstić information content (AvgIpc) is 3.62. The highest BCUT2D eigenvalue weighted by molar-refractivity contribution is 6.42. The van der Waals surface area contributed by atoms with Crippen LogP contribution in [0.5, 0.6) is 5.75 Å². The highest BCUT2D eigenvalue weighted by Crippen LogP contribution is 2.33. The number of carbonyl (C=O) groups is 7. The summed E-state index contributed by atoms with van der Waals surface area (Å²) in [4.78, 5) is 92.4. The van der Waals surface area contributed by atoms with Gasteiger partial charge < -0.3 is 34.5 Å². The summed E-state index contributed by atoms with van der Waals surface area (Å²) in [6.45, 7) is 2.86. The van der Waals surface area contributed by atoms with Crippen molar-refractivity contribution in [2.45, 2.75) is 38.1 Å². The largest absolute Gasteiger partial charge is 0.492 e. The Morgan fingerprint density at radius 3 is 1.93 bits per heavy atom. The van der Waals surface area contributed by atoms with E-state index in [-0.39, 0.29) is 80.7 Å². The van der Waals surface area contributed by atoms with Crippen LogP contribution in [0.4, 0.5) is 5.69 Å². The number of nitrogens with one attached hydrogen (secondary N) is 3. The van der Waals surface area contributed by atoms with Crippen LogP contribution in [-0.2, 0) is 44.6 Å². The van der Waals surface area contributed by atoms with Gasteiger partial charge in [-0.15, -0.1) is 0 Å². The van der Waals surface area contributed by atoms with Gasteiger partial charge in [-0.25, -0.2) is 0 Å². The molecule has 4 aromatic rings. The second-order valence-electron chi connectivity index (χ2n) is 16.8. The third-order valence-corrected chi connectivity index (χ3v) is 13.2.